The van der Waals surface area contributed by atoms with Crippen molar-refractivity contribution in [3.63, 3.8) is 0 Å². The maximum absolute atomic E-state index is 12.1. The van der Waals surface area contributed by atoms with Crippen molar-refractivity contribution in [3.05, 3.63) is 35.9 Å². The molecular weight excluding hydrogens is 318 g/mol. The lowest BCUT2D eigenvalue weighted by atomic mass is 10.0. The highest BCUT2D eigenvalue weighted by atomic mass is 35.5. The van der Waals surface area contributed by atoms with Crippen LogP contribution in [0.3, 0.4) is 0 Å². The SMILES string of the molecule is O=C(CCl)NC1CCN(C(=O)CNC(=O)c2ccccc2)CC1. The summed E-state index contributed by atoms with van der Waals surface area (Å²) in [5, 5.41) is 5.45. The second-order valence-corrected chi connectivity index (χ2v) is 5.67. The number of carbonyl (C=O) groups excluding carboxylic acids is 3. The smallest absolute Gasteiger partial charge is 0.251 e. The Balaban J connectivity index is 1.73. The van der Waals surface area contributed by atoms with Crippen LogP contribution >= 0.6 is 11.6 Å². The van der Waals surface area contributed by atoms with Crippen LogP contribution in [0.2, 0.25) is 0 Å². The van der Waals surface area contributed by atoms with Crippen LogP contribution in [0.5, 0.6) is 0 Å². The van der Waals surface area contributed by atoms with Crippen LogP contribution in [0.25, 0.3) is 0 Å². The zero-order valence-electron chi connectivity index (χ0n) is 12.8. The molecule has 1 aliphatic heterocycles. The van der Waals surface area contributed by atoms with Crippen molar-refractivity contribution in [2.24, 2.45) is 0 Å². The van der Waals surface area contributed by atoms with Gasteiger partial charge in [-0.2, -0.15) is 0 Å². The third-order valence-electron chi connectivity index (χ3n) is 3.77. The number of nitrogens with one attached hydrogen (secondary N) is 2. The quantitative estimate of drug-likeness (QED) is 0.779. The maximum atomic E-state index is 12.1. The van der Waals surface area contributed by atoms with E-state index in [-0.39, 0.29) is 36.2 Å². The molecule has 2 N–H and O–H groups in total. The first-order valence-electron chi connectivity index (χ1n) is 7.56. The van der Waals surface area contributed by atoms with Crippen LogP contribution < -0.4 is 10.6 Å². The van der Waals surface area contributed by atoms with E-state index in [4.69, 9.17) is 11.6 Å². The van der Waals surface area contributed by atoms with Crippen LogP contribution in [0.1, 0.15) is 23.2 Å². The van der Waals surface area contributed by atoms with Crippen LogP contribution in [0.15, 0.2) is 30.3 Å². The summed E-state index contributed by atoms with van der Waals surface area (Å²) in [5.41, 5.74) is 0.530. The Labute approximate surface area is 140 Å². The van der Waals surface area contributed by atoms with Gasteiger partial charge < -0.3 is 15.5 Å². The second-order valence-electron chi connectivity index (χ2n) is 5.40. The molecule has 0 aliphatic carbocycles. The Bertz CT molecular complexity index is 557. The highest BCUT2D eigenvalue weighted by Gasteiger charge is 2.23. The predicted octanol–water partition coefficient (Wildman–Crippen LogP) is 0.762. The second kappa shape index (κ2) is 8.53. The number of alkyl halides is 1. The average Bonchev–Trinajstić information content (AvgIpc) is 2.60. The standard InChI is InChI=1S/C16H20ClN3O3/c17-10-14(21)19-13-6-8-20(9-7-13)15(22)11-18-16(23)12-4-2-1-3-5-12/h1-5,13H,6-11H2,(H,18,23)(H,19,21). The Kier molecular flexibility index (Phi) is 6.40. The molecule has 1 aliphatic rings. The molecule has 0 saturated carbocycles. The molecule has 0 spiro atoms. The number of halogens is 1. The number of benzene rings is 1. The monoisotopic (exact) mass is 337 g/mol. The van der Waals surface area contributed by atoms with Crippen LogP contribution in [0, 0.1) is 0 Å². The fraction of sp³-hybridized carbons (Fsp3) is 0.438. The number of piperidine rings is 1. The third-order valence-corrected chi connectivity index (χ3v) is 4.01. The van der Waals surface area contributed by atoms with E-state index in [1.165, 1.54) is 0 Å². The Morgan fingerprint density at radius 2 is 1.78 bits per heavy atom. The minimum atomic E-state index is -0.261. The largest absolute Gasteiger partial charge is 0.352 e. The molecular formula is C16H20ClN3O3. The van der Waals surface area contributed by atoms with Gasteiger partial charge in [-0.15, -0.1) is 11.6 Å². The van der Waals surface area contributed by atoms with Crippen molar-refractivity contribution < 1.29 is 14.4 Å². The number of rotatable bonds is 5. The first kappa shape index (κ1) is 17.3. The summed E-state index contributed by atoms with van der Waals surface area (Å²) in [6.45, 7) is 1.10. The van der Waals surface area contributed by atoms with E-state index < -0.39 is 0 Å². The molecule has 0 atom stereocenters. The molecule has 1 saturated heterocycles. The summed E-state index contributed by atoms with van der Waals surface area (Å²) >= 11 is 5.45. The van der Waals surface area contributed by atoms with Crippen molar-refractivity contribution >= 4 is 29.3 Å². The molecule has 124 valence electrons. The Morgan fingerprint density at radius 1 is 1.13 bits per heavy atom. The van der Waals surface area contributed by atoms with Gasteiger partial charge in [0.15, 0.2) is 0 Å². The van der Waals surface area contributed by atoms with Gasteiger partial charge in [0.25, 0.3) is 5.91 Å². The third kappa shape index (κ3) is 5.25. The molecule has 1 heterocycles. The lowest BCUT2D eigenvalue weighted by molar-refractivity contribution is -0.131. The van der Waals surface area contributed by atoms with Gasteiger partial charge in [0, 0.05) is 24.7 Å². The van der Waals surface area contributed by atoms with E-state index in [1.807, 2.05) is 6.07 Å². The number of hydrogen-bond donors (Lipinski definition) is 2. The highest BCUT2D eigenvalue weighted by molar-refractivity contribution is 6.27. The van der Waals surface area contributed by atoms with Gasteiger partial charge in [-0.1, -0.05) is 18.2 Å². The molecule has 3 amide bonds. The predicted molar refractivity (Wildman–Crippen MR) is 87.2 cm³/mol. The molecule has 0 radical (unpaired) electrons. The van der Waals surface area contributed by atoms with Gasteiger partial charge in [-0.05, 0) is 25.0 Å². The minimum absolute atomic E-state index is 0.0214. The molecule has 1 aromatic carbocycles. The molecule has 23 heavy (non-hydrogen) atoms. The minimum Gasteiger partial charge on any atom is -0.352 e. The Hall–Kier alpha value is -2.08. The maximum Gasteiger partial charge on any atom is 0.251 e. The fourth-order valence-corrected chi connectivity index (χ4v) is 2.58. The number of carbonyl (C=O) groups is 3. The molecule has 2 rings (SSSR count). The van der Waals surface area contributed by atoms with Crippen molar-refractivity contribution in [3.8, 4) is 0 Å². The van der Waals surface area contributed by atoms with E-state index in [1.54, 1.807) is 29.2 Å². The van der Waals surface area contributed by atoms with E-state index >= 15 is 0 Å². The lowest BCUT2D eigenvalue weighted by Gasteiger charge is -2.32. The first-order chi connectivity index (χ1) is 11.1. The summed E-state index contributed by atoms with van der Waals surface area (Å²) in [6, 6.07) is 8.84. The van der Waals surface area contributed by atoms with E-state index in [0.29, 0.717) is 31.5 Å². The summed E-state index contributed by atoms with van der Waals surface area (Å²) in [7, 11) is 0. The first-order valence-corrected chi connectivity index (χ1v) is 8.10. The molecule has 6 nitrogen and oxygen atoms in total. The van der Waals surface area contributed by atoms with Gasteiger partial charge in [0.05, 0.1) is 6.54 Å². The summed E-state index contributed by atoms with van der Waals surface area (Å²) in [4.78, 5) is 37.0. The topological polar surface area (TPSA) is 78.5 Å². The Morgan fingerprint density at radius 3 is 2.39 bits per heavy atom. The number of amides is 3. The van der Waals surface area contributed by atoms with Gasteiger partial charge in [0.1, 0.15) is 5.88 Å². The summed E-state index contributed by atoms with van der Waals surface area (Å²) < 4.78 is 0. The zero-order chi connectivity index (χ0) is 16.7. The van der Waals surface area contributed by atoms with Crippen molar-refractivity contribution in [2.75, 3.05) is 25.5 Å². The van der Waals surface area contributed by atoms with Crippen LogP contribution in [-0.2, 0) is 9.59 Å². The highest BCUT2D eigenvalue weighted by Crippen LogP contribution is 2.10. The summed E-state index contributed by atoms with van der Waals surface area (Å²) in [5.74, 6) is -0.615. The van der Waals surface area contributed by atoms with Gasteiger partial charge in [-0.25, -0.2) is 0 Å². The summed E-state index contributed by atoms with van der Waals surface area (Å²) in [6.07, 6.45) is 1.39. The number of likely N-dealkylation sites (tertiary alicyclic amines) is 1. The number of nitrogens with zero attached hydrogens (tertiary/aromatic N) is 1. The van der Waals surface area contributed by atoms with Gasteiger partial charge >= 0.3 is 0 Å². The normalized spacial score (nSPS) is 15.1. The molecule has 1 aromatic rings. The van der Waals surface area contributed by atoms with Gasteiger partial charge in [0.2, 0.25) is 11.8 Å². The van der Waals surface area contributed by atoms with Crippen molar-refractivity contribution in [1.82, 2.24) is 15.5 Å². The van der Waals surface area contributed by atoms with E-state index in [9.17, 15) is 14.4 Å². The molecule has 0 bridgehead atoms. The van der Waals surface area contributed by atoms with E-state index in [0.717, 1.165) is 0 Å². The fourth-order valence-electron chi connectivity index (χ4n) is 2.50. The molecule has 7 heteroatoms. The molecule has 0 aromatic heterocycles. The number of hydrogen-bond acceptors (Lipinski definition) is 3. The zero-order valence-corrected chi connectivity index (χ0v) is 13.5. The lowest BCUT2D eigenvalue weighted by Crippen LogP contribution is -2.49. The van der Waals surface area contributed by atoms with Crippen LogP contribution in [0.4, 0.5) is 0 Å². The van der Waals surface area contributed by atoms with E-state index in [2.05, 4.69) is 10.6 Å². The van der Waals surface area contributed by atoms with Gasteiger partial charge in [-0.3, -0.25) is 14.4 Å². The molecule has 1 fully saturated rings. The van der Waals surface area contributed by atoms with Crippen molar-refractivity contribution in [2.45, 2.75) is 18.9 Å². The average molecular weight is 338 g/mol. The van der Waals surface area contributed by atoms with Crippen LogP contribution in [-0.4, -0.2) is 54.2 Å². The molecule has 0 unspecified atom stereocenters. The van der Waals surface area contributed by atoms with Crippen molar-refractivity contribution in [1.29, 1.82) is 0 Å².